The van der Waals surface area contributed by atoms with Crippen LogP contribution in [0, 0.1) is 11.3 Å². The number of nitriles is 1. The van der Waals surface area contributed by atoms with Gasteiger partial charge in [-0.2, -0.15) is 5.26 Å². The summed E-state index contributed by atoms with van der Waals surface area (Å²) < 4.78 is 1.80. The van der Waals surface area contributed by atoms with E-state index in [1.165, 1.54) is 11.8 Å². The molecule has 3 aromatic carbocycles. The first kappa shape index (κ1) is 21.3. The van der Waals surface area contributed by atoms with Gasteiger partial charge in [0.25, 0.3) is 0 Å². The average molecular weight is 468 g/mol. The summed E-state index contributed by atoms with van der Waals surface area (Å²) in [4.78, 5) is 17.9. The lowest BCUT2D eigenvalue weighted by Crippen LogP contribution is -2.11. The third kappa shape index (κ3) is 4.11. The maximum absolute atomic E-state index is 13.3. The normalized spacial score (nSPS) is 11.0. The van der Waals surface area contributed by atoms with Crippen molar-refractivity contribution >= 4 is 51.1 Å². The molecule has 0 spiro atoms. The number of para-hydroxylation sites is 2. The van der Waals surface area contributed by atoms with Gasteiger partial charge in [0.05, 0.1) is 22.3 Å². The molecule has 4 nitrogen and oxygen atoms in total. The second-order valence-corrected chi connectivity index (χ2v) is 9.05. The van der Waals surface area contributed by atoms with Gasteiger partial charge < -0.3 is 0 Å². The van der Waals surface area contributed by atoms with E-state index in [2.05, 4.69) is 11.1 Å². The highest BCUT2D eigenvalue weighted by molar-refractivity contribution is 7.99. The number of halogens is 1. The van der Waals surface area contributed by atoms with Crippen molar-refractivity contribution in [3.05, 3.63) is 95.5 Å². The minimum Gasteiger partial charge on any atom is -0.280 e. The van der Waals surface area contributed by atoms with E-state index < -0.39 is 0 Å². The maximum atomic E-state index is 13.3. The molecule has 0 unspecified atom stereocenters. The molecule has 5 rings (SSSR count). The Balaban J connectivity index is 1.39. The number of fused-ring (bicyclic) bond motifs is 3. The molecule has 0 aliphatic rings. The van der Waals surface area contributed by atoms with E-state index in [9.17, 15) is 10.1 Å². The van der Waals surface area contributed by atoms with Gasteiger partial charge in [-0.1, -0.05) is 60.1 Å². The van der Waals surface area contributed by atoms with Gasteiger partial charge in [0.15, 0.2) is 0 Å². The summed E-state index contributed by atoms with van der Waals surface area (Å²) in [6.45, 7) is 0. The van der Waals surface area contributed by atoms with Crippen molar-refractivity contribution in [2.75, 3.05) is 5.75 Å². The van der Waals surface area contributed by atoms with Crippen LogP contribution in [0.3, 0.4) is 0 Å². The van der Waals surface area contributed by atoms with Crippen LogP contribution in [0.25, 0.3) is 33.1 Å². The van der Waals surface area contributed by atoms with Gasteiger partial charge in [0.1, 0.15) is 11.1 Å². The molecule has 0 N–H and O–H groups in total. The highest BCUT2D eigenvalue weighted by atomic mass is 35.5. The number of carbonyl (C=O) groups excluding carboxylic acids is 1. The summed E-state index contributed by atoms with van der Waals surface area (Å²) in [6.07, 6.45) is 0.324. The fourth-order valence-electron chi connectivity index (χ4n) is 3.96. The molecule has 0 amide bonds. The van der Waals surface area contributed by atoms with Gasteiger partial charge in [-0.3, -0.25) is 9.36 Å². The van der Waals surface area contributed by atoms with E-state index in [-0.39, 0.29) is 5.91 Å². The number of hydrogen-bond donors (Lipinski definition) is 0. The Hall–Kier alpha value is -3.59. The number of nitrogens with zero attached hydrogens (tertiary/aromatic N) is 3. The molecule has 0 radical (unpaired) electrons. The predicted octanol–water partition coefficient (Wildman–Crippen LogP) is 7.20. The van der Waals surface area contributed by atoms with E-state index >= 15 is 0 Å². The first-order valence-electron chi connectivity index (χ1n) is 10.5. The Morgan fingerprint density at radius 1 is 0.909 bits per heavy atom. The zero-order valence-electron chi connectivity index (χ0n) is 17.5. The molecular weight excluding hydrogens is 450 g/mol. The summed E-state index contributed by atoms with van der Waals surface area (Å²) >= 11 is 7.42. The third-order valence-electron chi connectivity index (χ3n) is 5.50. The van der Waals surface area contributed by atoms with Crippen LogP contribution >= 0.6 is 23.4 Å². The summed E-state index contributed by atoms with van der Waals surface area (Å²) in [7, 11) is 0. The number of rotatable bonds is 5. The van der Waals surface area contributed by atoms with Gasteiger partial charge in [-0.05, 0) is 36.4 Å². The second kappa shape index (κ2) is 9.11. The minimum absolute atomic E-state index is 0.0206. The van der Waals surface area contributed by atoms with Crippen molar-refractivity contribution in [2.45, 2.75) is 11.4 Å². The van der Waals surface area contributed by atoms with Gasteiger partial charge in [-0.15, -0.1) is 11.8 Å². The van der Waals surface area contributed by atoms with Crippen LogP contribution in [-0.4, -0.2) is 21.2 Å². The summed E-state index contributed by atoms with van der Waals surface area (Å²) in [6, 6.07) is 29.1. The number of aromatic nitrogens is 2. The largest absolute Gasteiger partial charge is 0.280 e. The Labute approximate surface area is 200 Å². The van der Waals surface area contributed by atoms with Crippen LogP contribution in [0.2, 0.25) is 5.02 Å². The predicted molar refractivity (Wildman–Crippen MR) is 135 cm³/mol. The smallest absolute Gasteiger partial charge is 0.232 e. The number of hydrogen-bond acceptors (Lipinski definition) is 4. The quantitative estimate of drug-likeness (QED) is 0.256. The van der Waals surface area contributed by atoms with Crippen molar-refractivity contribution in [1.82, 2.24) is 9.55 Å². The molecule has 6 heteroatoms. The summed E-state index contributed by atoms with van der Waals surface area (Å²) in [5, 5.41) is 12.9. The lowest BCUT2D eigenvalue weighted by atomic mass is 10.1. The Bertz CT molecular complexity index is 1480. The zero-order valence-corrected chi connectivity index (χ0v) is 19.1. The first-order chi connectivity index (χ1) is 16.2. The average Bonchev–Trinajstić information content (AvgIpc) is 3.19. The van der Waals surface area contributed by atoms with Gasteiger partial charge in [0.2, 0.25) is 5.91 Å². The number of benzene rings is 3. The van der Waals surface area contributed by atoms with Crippen LogP contribution in [-0.2, 0) is 0 Å². The van der Waals surface area contributed by atoms with Crippen LogP contribution in [0.5, 0.6) is 0 Å². The lowest BCUT2D eigenvalue weighted by Gasteiger charge is -2.08. The molecule has 0 aliphatic carbocycles. The Morgan fingerprint density at radius 3 is 2.18 bits per heavy atom. The van der Waals surface area contributed by atoms with E-state index in [0.29, 0.717) is 27.8 Å². The minimum atomic E-state index is 0.0206. The van der Waals surface area contributed by atoms with Crippen LogP contribution < -0.4 is 0 Å². The van der Waals surface area contributed by atoms with E-state index in [4.69, 9.17) is 11.6 Å². The molecule has 160 valence electrons. The summed E-state index contributed by atoms with van der Waals surface area (Å²) in [5.74, 6) is 0.540. The summed E-state index contributed by atoms with van der Waals surface area (Å²) in [5.41, 5.74) is 4.01. The van der Waals surface area contributed by atoms with Crippen LogP contribution in [0.4, 0.5) is 0 Å². The zero-order chi connectivity index (χ0) is 22.8. The van der Waals surface area contributed by atoms with Gasteiger partial charge in [0, 0.05) is 33.5 Å². The molecule has 2 aromatic heterocycles. The highest BCUT2D eigenvalue weighted by Gasteiger charge is 2.16. The molecule has 0 bridgehead atoms. The molecule has 5 aromatic rings. The van der Waals surface area contributed by atoms with E-state index in [0.717, 1.165) is 33.1 Å². The van der Waals surface area contributed by atoms with Crippen molar-refractivity contribution < 1.29 is 4.79 Å². The SMILES string of the molecule is N#Cc1ccc(-c2ccc(Cl)cc2)nc1SCCC(=O)n1c2ccccc2c2ccccc21. The fraction of sp³-hybridized carbons (Fsp3) is 0.0741. The lowest BCUT2D eigenvalue weighted by molar-refractivity contribution is 0.0920. The standard InChI is InChI=1S/C27H18ClN3OS/c28-20-12-9-18(10-13-20)23-14-11-19(17-29)27(30-23)33-16-15-26(32)31-24-7-3-1-5-21(24)22-6-2-4-8-25(22)31/h1-14H,15-16H2. The first-order valence-corrected chi connectivity index (χ1v) is 11.8. The monoisotopic (exact) mass is 467 g/mol. The van der Waals surface area contributed by atoms with Crippen molar-refractivity contribution in [1.29, 1.82) is 5.26 Å². The molecule has 0 saturated carbocycles. The maximum Gasteiger partial charge on any atom is 0.232 e. The van der Waals surface area contributed by atoms with Crippen LogP contribution in [0.15, 0.2) is 90.0 Å². The van der Waals surface area contributed by atoms with Gasteiger partial charge in [-0.25, -0.2) is 4.98 Å². The van der Waals surface area contributed by atoms with Crippen molar-refractivity contribution in [3.63, 3.8) is 0 Å². The topological polar surface area (TPSA) is 58.7 Å². The fourth-order valence-corrected chi connectivity index (χ4v) is 4.98. The highest BCUT2D eigenvalue weighted by Crippen LogP contribution is 2.30. The van der Waals surface area contributed by atoms with Crippen molar-refractivity contribution in [2.24, 2.45) is 0 Å². The van der Waals surface area contributed by atoms with E-state index in [1.54, 1.807) is 10.6 Å². The Morgan fingerprint density at radius 2 is 1.55 bits per heavy atom. The molecule has 33 heavy (non-hydrogen) atoms. The number of pyridine rings is 1. The van der Waals surface area contributed by atoms with Crippen molar-refractivity contribution in [3.8, 4) is 17.3 Å². The number of carbonyl (C=O) groups is 1. The van der Waals surface area contributed by atoms with E-state index in [1.807, 2.05) is 78.9 Å². The van der Waals surface area contributed by atoms with Crippen LogP contribution in [0.1, 0.15) is 16.8 Å². The Kier molecular flexibility index (Phi) is 5.87. The number of thioether (sulfide) groups is 1. The third-order valence-corrected chi connectivity index (χ3v) is 6.75. The molecule has 0 saturated heterocycles. The molecular formula is C27H18ClN3OS. The molecule has 0 fully saturated rings. The second-order valence-electron chi connectivity index (χ2n) is 7.53. The molecule has 0 atom stereocenters. The molecule has 0 aliphatic heterocycles. The molecule has 2 heterocycles. The van der Waals surface area contributed by atoms with Gasteiger partial charge >= 0.3 is 0 Å².